The molecule has 3 aromatic rings. The van der Waals surface area contributed by atoms with E-state index >= 15 is 0 Å². The fourth-order valence-corrected chi connectivity index (χ4v) is 2.72. The van der Waals surface area contributed by atoms with Crippen LogP contribution in [-0.2, 0) is 6.54 Å². The minimum Gasteiger partial charge on any atom is -0.321 e. The van der Waals surface area contributed by atoms with E-state index in [0.29, 0.717) is 12.2 Å². The zero-order chi connectivity index (χ0) is 18.7. The van der Waals surface area contributed by atoms with E-state index in [1.165, 1.54) is 16.8 Å². The molecule has 0 aliphatic rings. The Hall–Kier alpha value is -2.73. The van der Waals surface area contributed by atoms with Gasteiger partial charge in [-0.2, -0.15) is 5.10 Å². The molecule has 0 aliphatic carbocycles. The second kappa shape index (κ2) is 7.66. The lowest BCUT2D eigenvalue weighted by molar-refractivity contribution is 0.102. The summed E-state index contributed by atoms with van der Waals surface area (Å²) in [6.45, 7) is 4.30. The third kappa shape index (κ3) is 4.26. The molecule has 5 nitrogen and oxygen atoms in total. The van der Waals surface area contributed by atoms with Gasteiger partial charge in [-0.1, -0.05) is 34.1 Å². The molecule has 0 saturated carbocycles. The second-order valence-electron chi connectivity index (χ2n) is 6.09. The van der Waals surface area contributed by atoms with Crippen molar-refractivity contribution in [3.05, 3.63) is 91.8 Å². The third-order valence-electron chi connectivity index (χ3n) is 4.11. The minimum absolute atomic E-state index is 0.194. The number of aryl methyl sites for hydroxylation is 2. The van der Waals surface area contributed by atoms with Crippen molar-refractivity contribution < 1.29 is 4.79 Å². The molecule has 0 radical (unpaired) electrons. The van der Waals surface area contributed by atoms with Gasteiger partial charge in [-0.25, -0.2) is 4.68 Å². The Kier molecular flexibility index (Phi) is 5.32. The fourth-order valence-electron chi connectivity index (χ4n) is 2.46. The number of rotatable bonds is 4. The summed E-state index contributed by atoms with van der Waals surface area (Å²) in [6.07, 6.45) is 0. The van der Waals surface area contributed by atoms with Crippen molar-refractivity contribution in [2.75, 3.05) is 5.32 Å². The molecular weight excluding hydrogens is 394 g/mol. The Bertz CT molecular complexity index is 1010. The van der Waals surface area contributed by atoms with Gasteiger partial charge >= 0.3 is 0 Å². The van der Waals surface area contributed by atoms with E-state index in [4.69, 9.17) is 0 Å². The number of hydrogen-bond donors (Lipinski definition) is 1. The number of amides is 1. The summed E-state index contributed by atoms with van der Waals surface area (Å²) >= 11 is 3.38. The lowest BCUT2D eigenvalue weighted by Gasteiger charge is -2.09. The number of hydrogen-bond acceptors (Lipinski definition) is 3. The highest BCUT2D eigenvalue weighted by molar-refractivity contribution is 9.10. The number of nitrogens with zero attached hydrogens (tertiary/aromatic N) is 2. The van der Waals surface area contributed by atoms with E-state index in [0.717, 1.165) is 21.2 Å². The van der Waals surface area contributed by atoms with Crippen LogP contribution in [-0.4, -0.2) is 15.7 Å². The van der Waals surface area contributed by atoms with Crippen molar-refractivity contribution in [1.29, 1.82) is 0 Å². The molecule has 0 unspecified atom stereocenters. The van der Waals surface area contributed by atoms with E-state index in [2.05, 4.69) is 26.3 Å². The van der Waals surface area contributed by atoms with Crippen LogP contribution in [0.2, 0.25) is 0 Å². The maximum atomic E-state index is 12.5. The van der Waals surface area contributed by atoms with Crippen LogP contribution in [0.3, 0.4) is 0 Å². The van der Waals surface area contributed by atoms with Crippen LogP contribution in [0.15, 0.2) is 63.9 Å². The summed E-state index contributed by atoms with van der Waals surface area (Å²) < 4.78 is 2.25. The zero-order valence-corrected chi connectivity index (χ0v) is 16.1. The molecule has 6 heteroatoms. The Labute approximate surface area is 159 Å². The van der Waals surface area contributed by atoms with Gasteiger partial charge in [-0.05, 0) is 60.9 Å². The van der Waals surface area contributed by atoms with Gasteiger partial charge in [-0.3, -0.25) is 9.59 Å². The van der Waals surface area contributed by atoms with E-state index in [9.17, 15) is 9.59 Å². The van der Waals surface area contributed by atoms with E-state index < -0.39 is 0 Å². The Morgan fingerprint density at radius 2 is 1.77 bits per heavy atom. The normalized spacial score (nSPS) is 10.6. The summed E-state index contributed by atoms with van der Waals surface area (Å²) in [4.78, 5) is 24.5. The van der Waals surface area contributed by atoms with E-state index in [1.54, 1.807) is 0 Å². The van der Waals surface area contributed by atoms with Crippen LogP contribution >= 0.6 is 15.9 Å². The topological polar surface area (TPSA) is 64.0 Å². The Balaban J connectivity index is 1.81. The molecule has 132 valence electrons. The first-order valence-electron chi connectivity index (χ1n) is 8.13. The lowest BCUT2D eigenvalue weighted by atomic mass is 10.1. The van der Waals surface area contributed by atoms with Gasteiger partial charge in [0.05, 0.1) is 6.54 Å². The van der Waals surface area contributed by atoms with Crippen LogP contribution in [0.5, 0.6) is 0 Å². The molecule has 26 heavy (non-hydrogen) atoms. The van der Waals surface area contributed by atoms with Crippen LogP contribution < -0.4 is 10.9 Å². The van der Waals surface area contributed by atoms with Crippen molar-refractivity contribution in [3.63, 3.8) is 0 Å². The highest BCUT2D eigenvalue weighted by Crippen LogP contribution is 2.15. The average Bonchev–Trinajstić information content (AvgIpc) is 2.62. The molecule has 1 amide bonds. The van der Waals surface area contributed by atoms with Gasteiger partial charge in [-0.15, -0.1) is 0 Å². The molecule has 1 N–H and O–H groups in total. The molecule has 3 rings (SSSR count). The molecule has 0 spiro atoms. The Morgan fingerprint density at radius 1 is 1.04 bits per heavy atom. The fraction of sp³-hybridized carbons (Fsp3) is 0.150. The molecule has 1 aromatic heterocycles. The largest absolute Gasteiger partial charge is 0.321 e. The molecular formula is C20H18BrN3O2. The number of carbonyl (C=O) groups excluding carboxylic acids is 1. The van der Waals surface area contributed by atoms with Gasteiger partial charge in [0.15, 0.2) is 0 Å². The van der Waals surface area contributed by atoms with Crippen molar-refractivity contribution in [2.24, 2.45) is 0 Å². The summed E-state index contributed by atoms with van der Waals surface area (Å²) in [6, 6.07) is 16.1. The smallest absolute Gasteiger partial charge is 0.276 e. The van der Waals surface area contributed by atoms with Crippen molar-refractivity contribution in [3.8, 4) is 0 Å². The molecule has 0 aliphatic heterocycles. The van der Waals surface area contributed by atoms with Crippen LogP contribution in [0.4, 0.5) is 5.69 Å². The molecule has 0 saturated heterocycles. The van der Waals surface area contributed by atoms with E-state index in [-0.39, 0.29) is 17.2 Å². The first-order chi connectivity index (χ1) is 12.4. The quantitative estimate of drug-likeness (QED) is 0.707. The number of nitrogens with one attached hydrogen (secondary N) is 1. The number of benzene rings is 2. The predicted octanol–water partition coefficient (Wildman–Crippen LogP) is 3.92. The first-order valence-corrected chi connectivity index (χ1v) is 8.93. The monoisotopic (exact) mass is 411 g/mol. The molecule has 0 fully saturated rings. The summed E-state index contributed by atoms with van der Waals surface area (Å²) in [5.41, 5.74) is 3.82. The molecule has 2 aromatic carbocycles. The molecule has 0 atom stereocenters. The molecule has 1 heterocycles. The van der Waals surface area contributed by atoms with Crippen molar-refractivity contribution in [1.82, 2.24) is 9.78 Å². The van der Waals surface area contributed by atoms with Crippen LogP contribution in [0.25, 0.3) is 0 Å². The maximum Gasteiger partial charge on any atom is 0.276 e. The average molecular weight is 412 g/mol. The van der Waals surface area contributed by atoms with Crippen molar-refractivity contribution >= 4 is 27.5 Å². The summed E-state index contributed by atoms with van der Waals surface area (Å²) in [7, 11) is 0. The highest BCUT2D eigenvalue weighted by atomic mass is 79.9. The van der Waals surface area contributed by atoms with Gasteiger partial charge < -0.3 is 5.32 Å². The number of anilines is 1. The van der Waals surface area contributed by atoms with Crippen LogP contribution in [0, 0.1) is 13.8 Å². The highest BCUT2D eigenvalue weighted by Gasteiger charge is 2.11. The number of carbonyl (C=O) groups is 1. The van der Waals surface area contributed by atoms with Gasteiger partial charge in [0.1, 0.15) is 5.69 Å². The Morgan fingerprint density at radius 3 is 2.46 bits per heavy atom. The zero-order valence-electron chi connectivity index (χ0n) is 14.5. The standard InChI is InChI=1S/C20H18BrN3O2/c1-13-3-8-17(11-14(13)2)22-20(26)18-9-10-19(25)24(23-18)12-15-4-6-16(21)7-5-15/h3-11H,12H2,1-2H3,(H,22,26). The lowest BCUT2D eigenvalue weighted by Crippen LogP contribution is -2.26. The minimum atomic E-state index is -0.349. The van der Waals surface area contributed by atoms with Crippen molar-refractivity contribution in [2.45, 2.75) is 20.4 Å². The SMILES string of the molecule is Cc1ccc(NC(=O)c2ccc(=O)n(Cc3ccc(Br)cc3)n2)cc1C. The summed E-state index contributed by atoms with van der Waals surface area (Å²) in [5, 5.41) is 7.03. The molecule has 0 bridgehead atoms. The van der Waals surface area contributed by atoms with E-state index in [1.807, 2.05) is 56.3 Å². The summed E-state index contributed by atoms with van der Waals surface area (Å²) in [5.74, 6) is -0.349. The van der Waals surface area contributed by atoms with Gasteiger partial charge in [0.2, 0.25) is 0 Å². The predicted molar refractivity (Wildman–Crippen MR) is 106 cm³/mol. The number of halogens is 1. The number of aromatic nitrogens is 2. The van der Waals surface area contributed by atoms with Crippen LogP contribution in [0.1, 0.15) is 27.2 Å². The first kappa shape index (κ1) is 18.1. The second-order valence-corrected chi connectivity index (χ2v) is 7.01. The van der Waals surface area contributed by atoms with Gasteiger partial charge in [0.25, 0.3) is 11.5 Å². The third-order valence-corrected chi connectivity index (χ3v) is 4.64. The maximum absolute atomic E-state index is 12.5. The van der Waals surface area contributed by atoms with Gasteiger partial charge in [0, 0.05) is 16.2 Å².